The van der Waals surface area contributed by atoms with E-state index in [9.17, 15) is 0 Å². The average Bonchev–Trinajstić information content (AvgIpc) is 2.04. The number of rotatable bonds is 7. The van der Waals surface area contributed by atoms with E-state index >= 15 is 0 Å². The first-order valence-electron chi connectivity index (χ1n) is 4.69. The van der Waals surface area contributed by atoms with Crippen LogP contribution in [0.1, 0.15) is 33.1 Å². The minimum absolute atomic E-state index is 0.665. The first kappa shape index (κ1) is 10.9. The molecule has 0 amide bonds. The molecule has 0 saturated carbocycles. The van der Waals surface area contributed by atoms with E-state index in [-0.39, 0.29) is 0 Å². The Labute approximate surface area is 70.8 Å². The van der Waals surface area contributed by atoms with Crippen molar-refractivity contribution in [3.63, 3.8) is 0 Å². The molecule has 1 unspecified atom stereocenters. The number of nitrogens with one attached hydrogen (secondary N) is 2. The van der Waals surface area contributed by atoms with E-state index in [4.69, 9.17) is 0 Å². The van der Waals surface area contributed by atoms with Crippen molar-refractivity contribution in [1.82, 2.24) is 10.6 Å². The maximum atomic E-state index is 3.39. The predicted octanol–water partition coefficient (Wildman–Crippen LogP) is 1.37. The highest BCUT2D eigenvalue weighted by atomic mass is 14.9. The third kappa shape index (κ3) is 7.82. The Bertz CT molecular complexity index is 74.0. The summed E-state index contributed by atoms with van der Waals surface area (Å²) in [6.45, 7) is 6.75. The van der Waals surface area contributed by atoms with Crippen molar-refractivity contribution in [2.45, 2.75) is 39.2 Å². The van der Waals surface area contributed by atoms with Crippen LogP contribution < -0.4 is 10.6 Å². The third-order valence-corrected chi connectivity index (χ3v) is 1.91. The van der Waals surface area contributed by atoms with Crippen LogP contribution in [-0.2, 0) is 0 Å². The van der Waals surface area contributed by atoms with Crippen LogP contribution in [0, 0.1) is 0 Å². The van der Waals surface area contributed by atoms with Gasteiger partial charge >= 0.3 is 0 Å². The van der Waals surface area contributed by atoms with Crippen LogP contribution in [0.5, 0.6) is 0 Å². The largest absolute Gasteiger partial charge is 0.317 e. The van der Waals surface area contributed by atoms with Gasteiger partial charge in [-0.25, -0.2) is 0 Å². The Kier molecular flexibility index (Phi) is 7.96. The summed E-state index contributed by atoms with van der Waals surface area (Å²) in [7, 11) is 2.02. The van der Waals surface area contributed by atoms with Crippen LogP contribution >= 0.6 is 0 Å². The lowest BCUT2D eigenvalue weighted by atomic mass is 10.2. The lowest BCUT2D eigenvalue weighted by molar-refractivity contribution is 0.520. The number of hydrogen-bond acceptors (Lipinski definition) is 2. The van der Waals surface area contributed by atoms with E-state index < -0.39 is 0 Å². The fraction of sp³-hybridized carbons (Fsp3) is 1.00. The van der Waals surface area contributed by atoms with Gasteiger partial charge in [0.15, 0.2) is 0 Å². The Morgan fingerprint density at radius 2 is 2.00 bits per heavy atom. The molecular weight excluding hydrogens is 136 g/mol. The zero-order valence-corrected chi connectivity index (χ0v) is 8.11. The second-order valence-corrected chi connectivity index (χ2v) is 3.08. The molecule has 11 heavy (non-hydrogen) atoms. The molecule has 2 heteroatoms. The van der Waals surface area contributed by atoms with Crippen LogP contribution in [-0.4, -0.2) is 26.2 Å². The van der Waals surface area contributed by atoms with Crippen LogP contribution in [0.3, 0.4) is 0 Å². The first-order valence-corrected chi connectivity index (χ1v) is 4.69. The molecular formula is C9H22N2. The molecule has 0 fully saturated rings. The van der Waals surface area contributed by atoms with E-state index in [1.54, 1.807) is 0 Å². The van der Waals surface area contributed by atoms with Crippen LogP contribution in [0.25, 0.3) is 0 Å². The Hall–Kier alpha value is -0.0800. The topological polar surface area (TPSA) is 24.1 Å². The van der Waals surface area contributed by atoms with Crippen molar-refractivity contribution in [2.75, 3.05) is 20.1 Å². The highest BCUT2D eigenvalue weighted by Crippen LogP contribution is 1.93. The van der Waals surface area contributed by atoms with Crippen molar-refractivity contribution in [3.05, 3.63) is 0 Å². The second-order valence-electron chi connectivity index (χ2n) is 3.08. The van der Waals surface area contributed by atoms with Gasteiger partial charge in [0.25, 0.3) is 0 Å². The van der Waals surface area contributed by atoms with Crippen molar-refractivity contribution in [1.29, 1.82) is 0 Å². The fourth-order valence-electron chi connectivity index (χ4n) is 0.979. The standard InChI is InChI=1S/C9H22N2/c1-4-7-11-8-5-6-9(2)10-3/h9-11H,4-8H2,1-3H3. The van der Waals surface area contributed by atoms with Crippen LogP contribution in [0.15, 0.2) is 0 Å². The van der Waals surface area contributed by atoms with Gasteiger partial charge in [-0.05, 0) is 46.3 Å². The summed E-state index contributed by atoms with van der Waals surface area (Å²) in [6, 6.07) is 0.665. The molecule has 0 aliphatic heterocycles. The van der Waals surface area contributed by atoms with Crippen molar-refractivity contribution in [3.8, 4) is 0 Å². The fourth-order valence-corrected chi connectivity index (χ4v) is 0.979. The molecule has 0 rings (SSSR count). The lowest BCUT2D eigenvalue weighted by Gasteiger charge is -2.09. The van der Waals surface area contributed by atoms with Crippen molar-refractivity contribution >= 4 is 0 Å². The van der Waals surface area contributed by atoms with Gasteiger partial charge in [-0.1, -0.05) is 6.92 Å². The second kappa shape index (κ2) is 8.02. The van der Waals surface area contributed by atoms with Crippen LogP contribution in [0.4, 0.5) is 0 Å². The summed E-state index contributed by atoms with van der Waals surface area (Å²) in [4.78, 5) is 0. The van der Waals surface area contributed by atoms with E-state index in [1.165, 1.54) is 25.8 Å². The summed E-state index contributed by atoms with van der Waals surface area (Å²) < 4.78 is 0. The molecule has 0 aliphatic rings. The monoisotopic (exact) mass is 158 g/mol. The highest BCUT2D eigenvalue weighted by Gasteiger charge is 1.95. The summed E-state index contributed by atoms with van der Waals surface area (Å²) >= 11 is 0. The summed E-state index contributed by atoms with van der Waals surface area (Å²) in [5, 5.41) is 6.61. The van der Waals surface area contributed by atoms with Crippen molar-refractivity contribution < 1.29 is 0 Å². The maximum absolute atomic E-state index is 3.39. The van der Waals surface area contributed by atoms with Gasteiger partial charge in [0, 0.05) is 6.04 Å². The average molecular weight is 158 g/mol. The van der Waals surface area contributed by atoms with Gasteiger partial charge in [-0.3, -0.25) is 0 Å². The van der Waals surface area contributed by atoms with Crippen LogP contribution in [0.2, 0.25) is 0 Å². The van der Waals surface area contributed by atoms with Gasteiger partial charge in [-0.2, -0.15) is 0 Å². The molecule has 0 aromatic carbocycles. The molecule has 0 aromatic rings. The Morgan fingerprint density at radius 1 is 1.27 bits per heavy atom. The Balaban J connectivity index is 2.89. The van der Waals surface area contributed by atoms with E-state index in [0.29, 0.717) is 6.04 Å². The van der Waals surface area contributed by atoms with E-state index in [1.807, 2.05) is 7.05 Å². The molecule has 0 aromatic heterocycles. The van der Waals surface area contributed by atoms with Gasteiger partial charge < -0.3 is 10.6 Å². The lowest BCUT2D eigenvalue weighted by Crippen LogP contribution is -2.23. The molecule has 0 radical (unpaired) electrons. The summed E-state index contributed by atoms with van der Waals surface area (Å²) in [6.07, 6.45) is 3.79. The molecule has 0 saturated heterocycles. The minimum atomic E-state index is 0.665. The zero-order chi connectivity index (χ0) is 8.53. The summed E-state index contributed by atoms with van der Waals surface area (Å²) in [5.74, 6) is 0. The van der Waals surface area contributed by atoms with Gasteiger partial charge in [-0.15, -0.1) is 0 Å². The Morgan fingerprint density at radius 3 is 2.55 bits per heavy atom. The molecule has 0 aliphatic carbocycles. The minimum Gasteiger partial charge on any atom is -0.317 e. The normalized spacial score (nSPS) is 13.4. The van der Waals surface area contributed by atoms with Gasteiger partial charge in [0.1, 0.15) is 0 Å². The summed E-state index contributed by atoms with van der Waals surface area (Å²) in [5.41, 5.74) is 0. The number of hydrogen-bond donors (Lipinski definition) is 2. The van der Waals surface area contributed by atoms with Gasteiger partial charge in [0.2, 0.25) is 0 Å². The zero-order valence-electron chi connectivity index (χ0n) is 8.11. The van der Waals surface area contributed by atoms with Crippen molar-refractivity contribution in [2.24, 2.45) is 0 Å². The molecule has 0 heterocycles. The van der Waals surface area contributed by atoms with E-state index in [0.717, 1.165) is 6.54 Å². The molecule has 0 bridgehead atoms. The van der Waals surface area contributed by atoms with Gasteiger partial charge in [0.05, 0.1) is 0 Å². The highest BCUT2D eigenvalue weighted by molar-refractivity contribution is 4.57. The first-order chi connectivity index (χ1) is 5.31. The van der Waals surface area contributed by atoms with E-state index in [2.05, 4.69) is 24.5 Å². The maximum Gasteiger partial charge on any atom is 0.00361 e. The smallest absolute Gasteiger partial charge is 0.00361 e. The molecule has 2 N–H and O–H groups in total. The molecule has 2 nitrogen and oxygen atoms in total. The predicted molar refractivity (Wildman–Crippen MR) is 50.9 cm³/mol. The molecule has 68 valence electrons. The molecule has 0 spiro atoms. The quantitative estimate of drug-likeness (QED) is 0.547. The SMILES string of the molecule is CCCNCCCC(C)NC. The third-order valence-electron chi connectivity index (χ3n) is 1.91. The molecule has 1 atom stereocenters.